The van der Waals surface area contributed by atoms with Crippen LogP contribution in [0.3, 0.4) is 0 Å². The summed E-state index contributed by atoms with van der Waals surface area (Å²) < 4.78 is 5.47. The Balaban J connectivity index is 2.43. The predicted molar refractivity (Wildman–Crippen MR) is 75.1 cm³/mol. The van der Waals surface area contributed by atoms with Gasteiger partial charge in [0.1, 0.15) is 0 Å². The Hall–Kier alpha value is -2.03. The van der Waals surface area contributed by atoms with Crippen molar-refractivity contribution >= 4 is 27.7 Å². The Morgan fingerprint density at radius 1 is 1.06 bits per heavy atom. The van der Waals surface area contributed by atoms with Crippen molar-refractivity contribution in [2.24, 2.45) is 0 Å². The van der Waals surface area contributed by atoms with Crippen LogP contribution in [0.4, 0.5) is 5.69 Å². The van der Waals surface area contributed by atoms with Crippen LogP contribution in [0, 0.1) is 0 Å². The molecule has 1 aromatic carbocycles. The maximum Gasteiger partial charge on any atom is 0.228 e. The lowest BCUT2D eigenvalue weighted by Gasteiger charge is -2.23. The zero-order valence-electron chi connectivity index (χ0n) is 10.7. The van der Waals surface area contributed by atoms with E-state index in [4.69, 9.17) is 4.42 Å². The number of fused-ring (bicyclic) bond motifs is 2. The number of hydrogen-bond donors (Lipinski definition) is 0. The minimum absolute atomic E-state index is 0.718. The molecule has 0 saturated carbocycles. The van der Waals surface area contributed by atoms with Crippen LogP contribution >= 0.6 is 0 Å². The van der Waals surface area contributed by atoms with Crippen LogP contribution in [0.25, 0.3) is 22.0 Å². The second-order valence-electron chi connectivity index (χ2n) is 4.29. The van der Waals surface area contributed by atoms with Crippen molar-refractivity contribution in [2.75, 3.05) is 18.0 Å². The molecule has 18 heavy (non-hydrogen) atoms. The van der Waals surface area contributed by atoms with Crippen LogP contribution in [-0.2, 0) is 0 Å². The highest BCUT2D eigenvalue weighted by atomic mass is 16.3. The summed E-state index contributed by atoms with van der Waals surface area (Å²) in [6.45, 7) is 6.30. The molecule has 0 spiro atoms. The molecule has 92 valence electrons. The van der Waals surface area contributed by atoms with Crippen molar-refractivity contribution in [3.8, 4) is 0 Å². The topological polar surface area (TPSA) is 29.3 Å². The molecule has 0 unspecified atom stereocenters. The van der Waals surface area contributed by atoms with E-state index in [1.54, 1.807) is 6.26 Å². The van der Waals surface area contributed by atoms with E-state index in [-0.39, 0.29) is 0 Å². The highest BCUT2D eigenvalue weighted by molar-refractivity contribution is 6.06. The van der Waals surface area contributed by atoms with Gasteiger partial charge in [-0.05, 0) is 26.0 Å². The van der Waals surface area contributed by atoms with E-state index in [0.29, 0.717) is 0 Å². The van der Waals surface area contributed by atoms with Gasteiger partial charge in [-0.1, -0.05) is 18.2 Å². The molecule has 0 amide bonds. The lowest BCUT2D eigenvalue weighted by Crippen LogP contribution is -2.22. The smallest absolute Gasteiger partial charge is 0.228 e. The summed E-state index contributed by atoms with van der Waals surface area (Å²) in [5.74, 6) is 0. The largest absolute Gasteiger partial charge is 0.446 e. The molecule has 3 rings (SSSR count). The van der Waals surface area contributed by atoms with E-state index < -0.39 is 0 Å². The lowest BCUT2D eigenvalue weighted by molar-refractivity contribution is 0.604. The standard InChI is InChI=1S/C15H16N2O/c1-3-17(4-2)14-11-7-5-6-8-13(11)16-15-12(14)9-10-18-15/h5-10H,3-4H2,1-2H3. The molecule has 0 fully saturated rings. The molecule has 0 radical (unpaired) electrons. The van der Waals surface area contributed by atoms with Gasteiger partial charge in [-0.15, -0.1) is 0 Å². The summed E-state index contributed by atoms with van der Waals surface area (Å²) in [6.07, 6.45) is 1.71. The fourth-order valence-corrected chi connectivity index (χ4v) is 2.47. The van der Waals surface area contributed by atoms with Crippen LogP contribution in [-0.4, -0.2) is 18.1 Å². The van der Waals surface area contributed by atoms with Crippen LogP contribution < -0.4 is 4.90 Å². The lowest BCUT2D eigenvalue weighted by atomic mass is 10.1. The molecule has 3 aromatic rings. The summed E-state index contributed by atoms with van der Waals surface area (Å²) >= 11 is 0. The fraction of sp³-hybridized carbons (Fsp3) is 0.267. The first-order valence-corrected chi connectivity index (χ1v) is 6.36. The first kappa shape index (κ1) is 11.1. The minimum Gasteiger partial charge on any atom is -0.446 e. The van der Waals surface area contributed by atoms with E-state index >= 15 is 0 Å². The Morgan fingerprint density at radius 3 is 2.61 bits per heavy atom. The zero-order chi connectivity index (χ0) is 12.5. The van der Waals surface area contributed by atoms with Crippen LogP contribution in [0.1, 0.15) is 13.8 Å². The predicted octanol–water partition coefficient (Wildman–Crippen LogP) is 3.83. The third kappa shape index (κ3) is 1.55. The molecule has 0 aliphatic rings. The third-order valence-electron chi connectivity index (χ3n) is 3.36. The Kier molecular flexibility index (Phi) is 2.67. The minimum atomic E-state index is 0.718. The third-order valence-corrected chi connectivity index (χ3v) is 3.36. The Morgan fingerprint density at radius 2 is 1.83 bits per heavy atom. The Labute approximate surface area is 106 Å². The van der Waals surface area contributed by atoms with Gasteiger partial charge >= 0.3 is 0 Å². The maximum atomic E-state index is 5.47. The molecular formula is C15H16N2O. The van der Waals surface area contributed by atoms with Gasteiger partial charge < -0.3 is 9.32 Å². The molecular weight excluding hydrogens is 224 g/mol. The molecule has 0 atom stereocenters. The molecule has 0 aliphatic heterocycles. The van der Waals surface area contributed by atoms with Gasteiger partial charge in [-0.3, -0.25) is 0 Å². The number of rotatable bonds is 3. The zero-order valence-corrected chi connectivity index (χ0v) is 10.7. The van der Waals surface area contributed by atoms with Crippen molar-refractivity contribution < 1.29 is 4.42 Å². The SMILES string of the molecule is CCN(CC)c1c2ccccc2nc2occc12. The van der Waals surface area contributed by atoms with Gasteiger partial charge in [-0.25, -0.2) is 4.98 Å². The average molecular weight is 240 g/mol. The normalized spacial score (nSPS) is 11.2. The van der Waals surface area contributed by atoms with Crippen LogP contribution in [0.2, 0.25) is 0 Å². The van der Waals surface area contributed by atoms with Crippen LogP contribution in [0.15, 0.2) is 41.0 Å². The van der Waals surface area contributed by atoms with E-state index in [0.717, 1.165) is 29.7 Å². The van der Waals surface area contributed by atoms with Gasteiger partial charge in [0, 0.05) is 18.5 Å². The molecule has 2 heterocycles. The molecule has 2 aromatic heterocycles. The van der Waals surface area contributed by atoms with Crippen molar-refractivity contribution in [3.05, 3.63) is 36.6 Å². The summed E-state index contributed by atoms with van der Waals surface area (Å²) in [4.78, 5) is 6.91. The van der Waals surface area contributed by atoms with E-state index in [9.17, 15) is 0 Å². The van der Waals surface area contributed by atoms with E-state index in [1.165, 1.54) is 11.1 Å². The summed E-state index contributed by atoms with van der Waals surface area (Å²) in [7, 11) is 0. The van der Waals surface area contributed by atoms with Gasteiger partial charge in [-0.2, -0.15) is 0 Å². The number of nitrogens with zero attached hydrogens (tertiary/aromatic N) is 2. The number of benzene rings is 1. The maximum absolute atomic E-state index is 5.47. The second-order valence-corrected chi connectivity index (χ2v) is 4.29. The number of aromatic nitrogens is 1. The van der Waals surface area contributed by atoms with E-state index in [1.807, 2.05) is 18.2 Å². The molecule has 0 N–H and O–H groups in total. The highest BCUT2D eigenvalue weighted by Crippen LogP contribution is 2.34. The van der Waals surface area contributed by atoms with Crippen LogP contribution in [0.5, 0.6) is 0 Å². The Bertz CT molecular complexity index is 683. The number of anilines is 1. The highest BCUT2D eigenvalue weighted by Gasteiger charge is 2.14. The van der Waals surface area contributed by atoms with E-state index in [2.05, 4.69) is 35.9 Å². The molecule has 0 bridgehead atoms. The molecule has 0 saturated heterocycles. The first-order valence-electron chi connectivity index (χ1n) is 6.36. The summed E-state index contributed by atoms with van der Waals surface area (Å²) in [5.41, 5.74) is 2.94. The molecule has 3 nitrogen and oxygen atoms in total. The van der Waals surface area contributed by atoms with Crippen molar-refractivity contribution in [3.63, 3.8) is 0 Å². The average Bonchev–Trinajstić information content (AvgIpc) is 2.87. The van der Waals surface area contributed by atoms with Gasteiger partial charge in [0.05, 0.1) is 22.9 Å². The molecule has 3 heteroatoms. The monoisotopic (exact) mass is 240 g/mol. The van der Waals surface area contributed by atoms with Crippen molar-refractivity contribution in [1.29, 1.82) is 0 Å². The number of furan rings is 1. The van der Waals surface area contributed by atoms with Gasteiger partial charge in [0.15, 0.2) is 0 Å². The summed E-state index contributed by atoms with van der Waals surface area (Å²) in [6, 6.07) is 10.2. The fourth-order valence-electron chi connectivity index (χ4n) is 2.47. The first-order chi connectivity index (χ1) is 8.85. The second kappa shape index (κ2) is 4.33. The van der Waals surface area contributed by atoms with Crippen molar-refractivity contribution in [2.45, 2.75) is 13.8 Å². The number of para-hydroxylation sites is 1. The van der Waals surface area contributed by atoms with Gasteiger partial charge in [0.25, 0.3) is 0 Å². The number of pyridine rings is 1. The van der Waals surface area contributed by atoms with Gasteiger partial charge in [0.2, 0.25) is 5.71 Å². The number of hydrogen-bond acceptors (Lipinski definition) is 3. The van der Waals surface area contributed by atoms with Crippen molar-refractivity contribution in [1.82, 2.24) is 4.98 Å². The quantitative estimate of drug-likeness (QED) is 0.696. The summed E-state index contributed by atoms with van der Waals surface area (Å²) in [5, 5.41) is 2.28. The molecule has 0 aliphatic carbocycles.